The second-order valence-corrected chi connectivity index (χ2v) is 6.32. The van der Waals surface area contributed by atoms with E-state index in [2.05, 4.69) is 5.32 Å². The Kier molecular flexibility index (Phi) is 7.79. The maximum atomic E-state index is 12.2. The molecule has 0 spiro atoms. The molecule has 0 aliphatic rings. The lowest BCUT2D eigenvalue weighted by Gasteiger charge is -2.27. The first kappa shape index (κ1) is 18.9. The molecule has 118 valence electrons. The van der Waals surface area contributed by atoms with E-state index in [4.69, 9.17) is 9.47 Å². The first-order chi connectivity index (χ1) is 9.06. The number of esters is 1. The fourth-order valence-electron chi connectivity index (χ4n) is 1.49. The molecule has 0 aromatic carbocycles. The number of carbonyl (C=O) groups excluding carboxylic acids is 2. The average Bonchev–Trinajstić information content (AvgIpc) is 2.30. The molecule has 5 nitrogen and oxygen atoms in total. The topological polar surface area (TPSA) is 64.6 Å². The van der Waals surface area contributed by atoms with Crippen LogP contribution in [0.3, 0.4) is 0 Å². The average molecular weight is 287 g/mol. The summed E-state index contributed by atoms with van der Waals surface area (Å²) < 4.78 is 10.6. The van der Waals surface area contributed by atoms with E-state index < -0.39 is 17.6 Å². The molecule has 0 radical (unpaired) electrons. The summed E-state index contributed by atoms with van der Waals surface area (Å²) in [5.74, 6) is -0.688. The quantitative estimate of drug-likeness (QED) is 0.730. The SMILES string of the molecule is CC[C@H](C)[C@H](NC(=O)COC(C)C)C(=O)OC(C)(C)C. The van der Waals surface area contributed by atoms with E-state index in [0.29, 0.717) is 0 Å². The largest absolute Gasteiger partial charge is 0.458 e. The molecule has 0 unspecified atom stereocenters. The van der Waals surface area contributed by atoms with Crippen molar-refractivity contribution in [3.63, 3.8) is 0 Å². The predicted octanol–water partition coefficient (Wildman–Crippen LogP) is 2.28. The Morgan fingerprint density at radius 3 is 2.10 bits per heavy atom. The van der Waals surface area contributed by atoms with E-state index in [-0.39, 0.29) is 24.5 Å². The van der Waals surface area contributed by atoms with Gasteiger partial charge in [0.1, 0.15) is 18.2 Å². The summed E-state index contributed by atoms with van der Waals surface area (Å²) in [6, 6.07) is -0.637. The van der Waals surface area contributed by atoms with Crippen LogP contribution in [-0.2, 0) is 19.1 Å². The van der Waals surface area contributed by atoms with Crippen LogP contribution in [0.4, 0.5) is 0 Å². The van der Waals surface area contributed by atoms with Crippen molar-refractivity contribution in [1.29, 1.82) is 0 Å². The second-order valence-electron chi connectivity index (χ2n) is 6.32. The maximum absolute atomic E-state index is 12.2. The molecule has 0 aliphatic carbocycles. The van der Waals surface area contributed by atoms with Crippen molar-refractivity contribution in [2.24, 2.45) is 5.92 Å². The van der Waals surface area contributed by atoms with E-state index in [1.165, 1.54) is 0 Å². The van der Waals surface area contributed by atoms with Crippen molar-refractivity contribution in [1.82, 2.24) is 5.32 Å². The third kappa shape index (κ3) is 8.15. The lowest BCUT2D eigenvalue weighted by Crippen LogP contribution is -2.49. The zero-order valence-electron chi connectivity index (χ0n) is 13.8. The van der Waals surface area contributed by atoms with Crippen molar-refractivity contribution >= 4 is 11.9 Å². The molecule has 1 amide bonds. The monoisotopic (exact) mass is 287 g/mol. The third-order valence-electron chi connectivity index (χ3n) is 2.74. The number of amides is 1. The number of hydrogen-bond donors (Lipinski definition) is 1. The van der Waals surface area contributed by atoms with Gasteiger partial charge in [0.25, 0.3) is 0 Å². The minimum Gasteiger partial charge on any atom is -0.458 e. The van der Waals surface area contributed by atoms with Crippen LogP contribution in [0.1, 0.15) is 54.9 Å². The van der Waals surface area contributed by atoms with Crippen molar-refractivity contribution < 1.29 is 19.1 Å². The highest BCUT2D eigenvalue weighted by atomic mass is 16.6. The fourth-order valence-corrected chi connectivity index (χ4v) is 1.49. The molecule has 0 aliphatic heterocycles. The van der Waals surface area contributed by atoms with Gasteiger partial charge < -0.3 is 14.8 Å². The standard InChI is InChI=1S/C15H29NO4/c1-8-11(4)13(14(18)20-15(5,6)7)16-12(17)9-19-10(2)3/h10-11,13H,8-9H2,1-7H3,(H,16,17)/t11-,13-/m0/s1. The van der Waals surface area contributed by atoms with Gasteiger partial charge in [0.15, 0.2) is 0 Å². The maximum Gasteiger partial charge on any atom is 0.329 e. The number of nitrogens with one attached hydrogen (secondary N) is 1. The summed E-state index contributed by atoms with van der Waals surface area (Å²) in [6.45, 7) is 13.0. The van der Waals surface area contributed by atoms with Crippen LogP contribution < -0.4 is 5.32 Å². The van der Waals surface area contributed by atoms with Gasteiger partial charge in [-0.2, -0.15) is 0 Å². The Balaban J connectivity index is 4.65. The highest BCUT2D eigenvalue weighted by Gasteiger charge is 2.30. The van der Waals surface area contributed by atoms with Crippen molar-refractivity contribution in [3.8, 4) is 0 Å². The molecular weight excluding hydrogens is 258 g/mol. The molecule has 1 N–H and O–H groups in total. The molecule has 0 saturated carbocycles. The minimum absolute atomic E-state index is 0.00727. The Morgan fingerprint density at radius 2 is 1.70 bits per heavy atom. The first-order valence-corrected chi connectivity index (χ1v) is 7.20. The zero-order valence-corrected chi connectivity index (χ0v) is 13.8. The highest BCUT2D eigenvalue weighted by Crippen LogP contribution is 2.14. The molecule has 0 saturated heterocycles. The van der Waals surface area contributed by atoms with Crippen LogP contribution >= 0.6 is 0 Å². The summed E-state index contributed by atoms with van der Waals surface area (Å²) in [5.41, 5.74) is -0.568. The molecule has 0 aromatic heterocycles. The van der Waals surface area contributed by atoms with E-state index >= 15 is 0 Å². The Labute approximate surface area is 122 Å². The van der Waals surface area contributed by atoms with E-state index in [1.807, 2.05) is 48.5 Å². The smallest absolute Gasteiger partial charge is 0.329 e. The van der Waals surface area contributed by atoms with E-state index in [0.717, 1.165) is 6.42 Å². The second kappa shape index (κ2) is 8.25. The minimum atomic E-state index is -0.637. The highest BCUT2D eigenvalue weighted by molar-refractivity contribution is 5.85. The molecule has 20 heavy (non-hydrogen) atoms. The van der Waals surface area contributed by atoms with Gasteiger partial charge in [-0.3, -0.25) is 4.79 Å². The molecule has 5 heteroatoms. The van der Waals surface area contributed by atoms with Crippen molar-refractivity contribution in [3.05, 3.63) is 0 Å². The molecule has 0 bridgehead atoms. The van der Waals surface area contributed by atoms with Gasteiger partial charge in [0.05, 0.1) is 6.10 Å². The summed E-state index contributed by atoms with van der Waals surface area (Å²) in [4.78, 5) is 24.0. The van der Waals surface area contributed by atoms with Gasteiger partial charge >= 0.3 is 5.97 Å². The third-order valence-corrected chi connectivity index (χ3v) is 2.74. The Hall–Kier alpha value is -1.10. The van der Waals surface area contributed by atoms with Crippen LogP contribution in [0.25, 0.3) is 0 Å². The normalized spacial score (nSPS) is 14.8. The van der Waals surface area contributed by atoms with Gasteiger partial charge in [-0.05, 0) is 40.5 Å². The lowest BCUT2D eigenvalue weighted by molar-refractivity contribution is -0.160. The van der Waals surface area contributed by atoms with E-state index in [9.17, 15) is 9.59 Å². The summed E-state index contributed by atoms with van der Waals surface area (Å²) in [5, 5.41) is 2.71. The van der Waals surface area contributed by atoms with Gasteiger partial charge in [0.2, 0.25) is 5.91 Å². The van der Waals surface area contributed by atoms with Gasteiger partial charge in [-0.1, -0.05) is 20.3 Å². The van der Waals surface area contributed by atoms with Gasteiger partial charge in [0, 0.05) is 0 Å². The molecule has 0 fully saturated rings. The predicted molar refractivity (Wildman–Crippen MR) is 78.3 cm³/mol. The molecule has 2 atom stereocenters. The number of hydrogen-bond acceptors (Lipinski definition) is 4. The Bertz CT molecular complexity index is 320. The van der Waals surface area contributed by atoms with Crippen LogP contribution in [0.2, 0.25) is 0 Å². The number of carbonyl (C=O) groups is 2. The van der Waals surface area contributed by atoms with Gasteiger partial charge in [-0.15, -0.1) is 0 Å². The molecular formula is C15H29NO4. The van der Waals surface area contributed by atoms with Crippen LogP contribution in [-0.4, -0.2) is 36.2 Å². The number of ether oxygens (including phenoxy) is 2. The Morgan fingerprint density at radius 1 is 1.15 bits per heavy atom. The van der Waals surface area contributed by atoms with Crippen molar-refractivity contribution in [2.75, 3.05) is 6.61 Å². The summed E-state index contributed by atoms with van der Waals surface area (Å²) >= 11 is 0. The molecule has 0 heterocycles. The summed E-state index contributed by atoms with van der Waals surface area (Å²) in [7, 11) is 0. The molecule has 0 rings (SSSR count). The van der Waals surface area contributed by atoms with Gasteiger partial charge in [-0.25, -0.2) is 4.79 Å². The van der Waals surface area contributed by atoms with Crippen LogP contribution in [0, 0.1) is 5.92 Å². The van der Waals surface area contributed by atoms with Crippen LogP contribution in [0.15, 0.2) is 0 Å². The molecule has 0 aromatic rings. The first-order valence-electron chi connectivity index (χ1n) is 7.20. The van der Waals surface area contributed by atoms with E-state index in [1.54, 1.807) is 0 Å². The zero-order chi connectivity index (χ0) is 15.9. The summed E-state index contributed by atoms with van der Waals surface area (Å²) in [6.07, 6.45) is 0.749. The number of rotatable bonds is 7. The lowest BCUT2D eigenvalue weighted by atomic mass is 9.99. The van der Waals surface area contributed by atoms with Crippen LogP contribution in [0.5, 0.6) is 0 Å². The van der Waals surface area contributed by atoms with Crippen molar-refractivity contribution in [2.45, 2.75) is 72.6 Å². The fraction of sp³-hybridized carbons (Fsp3) is 0.867.